The van der Waals surface area contributed by atoms with E-state index in [0.29, 0.717) is 17.5 Å². The van der Waals surface area contributed by atoms with E-state index in [1.54, 1.807) is 24.0 Å². The van der Waals surface area contributed by atoms with Gasteiger partial charge >= 0.3 is 0 Å². The van der Waals surface area contributed by atoms with Gasteiger partial charge in [-0.1, -0.05) is 30.3 Å². The van der Waals surface area contributed by atoms with Crippen LogP contribution in [0.25, 0.3) is 11.0 Å². The van der Waals surface area contributed by atoms with Crippen LogP contribution in [0.15, 0.2) is 52.9 Å². The van der Waals surface area contributed by atoms with Crippen molar-refractivity contribution in [1.82, 2.24) is 0 Å². The van der Waals surface area contributed by atoms with Crippen molar-refractivity contribution in [3.05, 3.63) is 65.7 Å². The third-order valence-corrected chi connectivity index (χ3v) is 3.74. The van der Waals surface area contributed by atoms with Crippen molar-refractivity contribution in [3.63, 3.8) is 0 Å². The molecule has 4 heteroatoms. The molecule has 0 aliphatic carbocycles. The van der Waals surface area contributed by atoms with Crippen LogP contribution in [0.3, 0.4) is 0 Å². The van der Waals surface area contributed by atoms with E-state index in [-0.39, 0.29) is 17.3 Å². The minimum absolute atomic E-state index is 0.132. The summed E-state index contributed by atoms with van der Waals surface area (Å²) in [6.45, 7) is 4.17. The fourth-order valence-electron chi connectivity index (χ4n) is 2.59. The smallest absolute Gasteiger partial charge is 0.294 e. The molecule has 0 aliphatic heterocycles. The molecule has 3 aromatic rings. The Bertz CT molecular complexity index is 824. The average molecular weight is 297 g/mol. The van der Waals surface area contributed by atoms with Crippen molar-refractivity contribution >= 4 is 22.6 Å². The van der Waals surface area contributed by atoms with E-state index in [9.17, 15) is 9.18 Å². The molecule has 2 aromatic carbocycles. The zero-order valence-electron chi connectivity index (χ0n) is 12.5. The summed E-state index contributed by atoms with van der Waals surface area (Å²) in [7, 11) is 0. The molecule has 0 radical (unpaired) electrons. The summed E-state index contributed by atoms with van der Waals surface area (Å²) in [6, 6.07) is 14.1. The van der Waals surface area contributed by atoms with Gasteiger partial charge in [-0.15, -0.1) is 0 Å². The number of para-hydroxylation sites is 2. The zero-order chi connectivity index (χ0) is 15.7. The van der Waals surface area contributed by atoms with Gasteiger partial charge in [-0.3, -0.25) is 4.79 Å². The molecule has 3 nitrogen and oxygen atoms in total. The van der Waals surface area contributed by atoms with E-state index in [1.807, 2.05) is 37.3 Å². The second-order valence-corrected chi connectivity index (χ2v) is 5.06. The first-order valence-electron chi connectivity index (χ1n) is 7.18. The first-order chi connectivity index (χ1) is 10.6. The van der Waals surface area contributed by atoms with Crippen molar-refractivity contribution in [2.75, 3.05) is 11.4 Å². The number of carbonyl (C=O) groups excluding carboxylic acids is 1. The number of amides is 1. The van der Waals surface area contributed by atoms with E-state index in [0.717, 1.165) is 5.69 Å². The topological polar surface area (TPSA) is 33.5 Å². The Balaban J connectivity index is 2.08. The van der Waals surface area contributed by atoms with E-state index < -0.39 is 5.82 Å². The molecular weight excluding hydrogens is 281 g/mol. The minimum atomic E-state index is -0.456. The Kier molecular flexibility index (Phi) is 3.67. The van der Waals surface area contributed by atoms with Crippen LogP contribution in [0.2, 0.25) is 0 Å². The lowest BCUT2D eigenvalue weighted by molar-refractivity contribution is 0.0963. The van der Waals surface area contributed by atoms with Crippen molar-refractivity contribution in [1.29, 1.82) is 0 Å². The summed E-state index contributed by atoms with van der Waals surface area (Å²) in [5.74, 6) is -0.532. The van der Waals surface area contributed by atoms with Crippen LogP contribution in [0.5, 0.6) is 0 Å². The largest absolute Gasteiger partial charge is 0.448 e. The standard InChI is InChI=1S/C18H16FNO2/c1-3-20(13-8-5-4-6-9-13)18(21)16-12(2)14-10-7-11-15(19)17(14)22-16/h4-11H,3H2,1-2H3. The van der Waals surface area contributed by atoms with Gasteiger partial charge in [0, 0.05) is 23.2 Å². The van der Waals surface area contributed by atoms with Crippen molar-refractivity contribution in [2.24, 2.45) is 0 Å². The lowest BCUT2D eigenvalue weighted by Crippen LogP contribution is -2.30. The number of furan rings is 1. The molecule has 112 valence electrons. The Morgan fingerprint density at radius 1 is 1.14 bits per heavy atom. The molecule has 1 aromatic heterocycles. The number of rotatable bonds is 3. The highest BCUT2D eigenvalue weighted by molar-refractivity contribution is 6.07. The second kappa shape index (κ2) is 5.64. The lowest BCUT2D eigenvalue weighted by atomic mass is 10.1. The van der Waals surface area contributed by atoms with E-state index in [2.05, 4.69) is 0 Å². The van der Waals surface area contributed by atoms with E-state index >= 15 is 0 Å². The highest BCUT2D eigenvalue weighted by Crippen LogP contribution is 2.29. The summed E-state index contributed by atoms with van der Waals surface area (Å²) in [5.41, 5.74) is 1.58. The van der Waals surface area contributed by atoms with Crippen LogP contribution in [-0.2, 0) is 0 Å². The first kappa shape index (κ1) is 14.3. The molecule has 1 heterocycles. The molecule has 1 amide bonds. The molecule has 22 heavy (non-hydrogen) atoms. The predicted octanol–water partition coefficient (Wildman–Crippen LogP) is 4.55. The third-order valence-electron chi connectivity index (χ3n) is 3.74. The van der Waals surface area contributed by atoms with Crippen LogP contribution in [0.4, 0.5) is 10.1 Å². The van der Waals surface area contributed by atoms with Gasteiger partial charge in [-0.2, -0.15) is 0 Å². The van der Waals surface area contributed by atoms with Gasteiger partial charge in [0.15, 0.2) is 17.2 Å². The Morgan fingerprint density at radius 2 is 1.86 bits per heavy atom. The van der Waals surface area contributed by atoms with Crippen LogP contribution >= 0.6 is 0 Å². The molecular formula is C18H16FNO2. The number of nitrogens with zero attached hydrogens (tertiary/aromatic N) is 1. The summed E-state index contributed by atoms with van der Waals surface area (Å²) >= 11 is 0. The van der Waals surface area contributed by atoms with Crippen LogP contribution in [-0.4, -0.2) is 12.5 Å². The molecule has 0 saturated carbocycles. The zero-order valence-corrected chi connectivity index (χ0v) is 12.5. The normalized spacial score (nSPS) is 10.9. The van der Waals surface area contributed by atoms with Crippen LogP contribution < -0.4 is 4.90 Å². The van der Waals surface area contributed by atoms with Crippen molar-refractivity contribution in [3.8, 4) is 0 Å². The van der Waals surface area contributed by atoms with Gasteiger partial charge in [0.2, 0.25) is 0 Å². The number of benzene rings is 2. The van der Waals surface area contributed by atoms with Gasteiger partial charge in [0.25, 0.3) is 5.91 Å². The molecule has 0 saturated heterocycles. The molecule has 0 bridgehead atoms. The molecule has 3 rings (SSSR count). The predicted molar refractivity (Wildman–Crippen MR) is 84.7 cm³/mol. The number of hydrogen-bond acceptors (Lipinski definition) is 2. The number of anilines is 1. The maximum atomic E-state index is 13.8. The molecule has 0 spiro atoms. The SMILES string of the molecule is CCN(C(=O)c1oc2c(F)cccc2c1C)c1ccccc1. The van der Waals surface area contributed by atoms with Gasteiger partial charge in [-0.05, 0) is 32.0 Å². The molecule has 0 N–H and O–H groups in total. The Labute approximate surface area is 128 Å². The maximum absolute atomic E-state index is 13.8. The second-order valence-electron chi connectivity index (χ2n) is 5.06. The monoisotopic (exact) mass is 297 g/mol. The molecule has 0 fully saturated rings. The van der Waals surface area contributed by atoms with Crippen molar-refractivity contribution < 1.29 is 13.6 Å². The highest BCUT2D eigenvalue weighted by atomic mass is 19.1. The Hall–Kier alpha value is -2.62. The first-order valence-corrected chi connectivity index (χ1v) is 7.18. The van der Waals surface area contributed by atoms with Crippen molar-refractivity contribution in [2.45, 2.75) is 13.8 Å². The maximum Gasteiger partial charge on any atom is 0.294 e. The molecule has 0 atom stereocenters. The van der Waals surface area contributed by atoms with Crippen LogP contribution in [0, 0.1) is 12.7 Å². The van der Waals surface area contributed by atoms with E-state index in [1.165, 1.54) is 6.07 Å². The van der Waals surface area contributed by atoms with Gasteiger partial charge < -0.3 is 9.32 Å². The summed E-state index contributed by atoms with van der Waals surface area (Å²) < 4.78 is 19.4. The molecule has 0 unspecified atom stereocenters. The number of hydrogen-bond donors (Lipinski definition) is 0. The van der Waals surface area contributed by atoms with Gasteiger partial charge in [0.05, 0.1) is 0 Å². The average Bonchev–Trinajstić information content (AvgIpc) is 2.88. The highest BCUT2D eigenvalue weighted by Gasteiger charge is 2.24. The quantitative estimate of drug-likeness (QED) is 0.710. The summed E-state index contributed by atoms with van der Waals surface area (Å²) in [5, 5.41) is 0.632. The fraction of sp³-hybridized carbons (Fsp3) is 0.167. The minimum Gasteiger partial charge on any atom is -0.448 e. The number of fused-ring (bicyclic) bond motifs is 1. The number of halogens is 1. The van der Waals surface area contributed by atoms with Gasteiger partial charge in [0.1, 0.15) is 0 Å². The number of aryl methyl sites for hydroxylation is 1. The lowest BCUT2D eigenvalue weighted by Gasteiger charge is -2.20. The molecule has 0 aliphatic rings. The van der Waals surface area contributed by atoms with E-state index in [4.69, 9.17) is 4.42 Å². The summed E-state index contributed by atoms with van der Waals surface area (Å²) in [4.78, 5) is 14.4. The van der Waals surface area contributed by atoms with Crippen LogP contribution in [0.1, 0.15) is 23.0 Å². The summed E-state index contributed by atoms with van der Waals surface area (Å²) in [6.07, 6.45) is 0. The third kappa shape index (κ3) is 2.26. The number of carbonyl (C=O) groups is 1. The van der Waals surface area contributed by atoms with Gasteiger partial charge in [-0.25, -0.2) is 4.39 Å². The fourth-order valence-corrected chi connectivity index (χ4v) is 2.59. The Morgan fingerprint density at radius 3 is 2.50 bits per heavy atom.